The molecule has 3 nitrogen and oxygen atoms in total. The third-order valence-electron chi connectivity index (χ3n) is 2.24. The quantitative estimate of drug-likeness (QED) is 0.829. The number of H-pyrrole nitrogens is 1. The molecule has 0 radical (unpaired) electrons. The topological polar surface area (TPSA) is 33.6 Å². The van der Waals surface area contributed by atoms with E-state index in [1.807, 2.05) is 6.07 Å². The van der Waals surface area contributed by atoms with Crippen LogP contribution in [0.2, 0.25) is 0 Å². The molecule has 0 unspecified atom stereocenters. The summed E-state index contributed by atoms with van der Waals surface area (Å²) in [6.45, 7) is 3.12. The highest BCUT2D eigenvalue weighted by Crippen LogP contribution is 2.22. The van der Waals surface area contributed by atoms with Gasteiger partial charge in [-0.2, -0.15) is 5.10 Å². The molecule has 0 aliphatic rings. The van der Waals surface area contributed by atoms with Crippen molar-refractivity contribution in [2.24, 2.45) is 0 Å². The van der Waals surface area contributed by atoms with Crippen molar-refractivity contribution >= 4 is 23.6 Å². The lowest BCUT2D eigenvalue weighted by atomic mass is 10.3. The minimum Gasteiger partial charge on any atom is -0.299 e. The van der Waals surface area contributed by atoms with Crippen LogP contribution in [0.25, 0.3) is 10.7 Å². The van der Waals surface area contributed by atoms with Crippen LogP contribution in [0, 0.1) is 4.77 Å². The number of nitrogens with one attached hydrogen (secondary N) is 1. The molecule has 0 saturated carbocycles. The molecule has 0 spiro atoms. The van der Waals surface area contributed by atoms with Crippen LogP contribution in [0.15, 0.2) is 17.5 Å². The Morgan fingerprint density at radius 3 is 3.13 bits per heavy atom. The van der Waals surface area contributed by atoms with Crippen LogP contribution in [0.3, 0.4) is 0 Å². The van der Waals surface area contributed by atoms with Crippen LogP contribution in [0.4, 0.5) is 0 Å². The molecule has 5 heteroatoms. The first-order valence-electron chi connectivity index (χ1n) is 5.02. The second-order valence-electron chi connectivity index (χ2n) is 3.33. The predicted molar refractivity (Wildman–Crippen MR) is 65.6 cm³/mol. The highest BCUT2D eigenvalue weighted by atomic mass is 32.1. The van der Waals surface area contributed by atoms with Crippen molar-refractivity contribution < 1.29 is 0 Å². The summed E-state index contributed by atoms with van der Waals surface area (Å²) in [5.74, 6) is 0.962. The van der Waals surface area contributed by atoms with Gasteiger partial charge in [-0.1, -0.05) is 19.4 Å². The molecule has 0 atom stereocenters. The molecule has 0 aliphatic heterocycles. The van der Waals surface area contributed by atoms with E-state index in [9.17, 15) is 0 Å². The number of rotatable bonds is 4. The van der Waals surface area contributed by atoms with Crippen LogP contribution in [-0.2, 0) is 6.54 Å². The second kappa shape index (κ2) is 4.72. The molecule has 0 bridgehead atoms. The smallest absolute Gasteiger partial charge is 0.195 e. The Morgan fingerprint density at radius 2 is 2.47 bits per heavy atom. The summed E-state index contributed by atoms with van der Waals surface area (Å²) in [5, 5.41) is 9.18. The van der Waals surface area contributed by atoms with Crippen molar-refractivity contribution in [2.75, 3.05) is 0 Å². The van der Waals surface area contributed by atoms with Crippen LogP contribution in [-0.4, -0.2) is 14.8 Å². The fraction of sp³-hybridized carbons (Fsp3) is 0.400. The molecule has 2 aromatic heterocycles. The molecular formula is C10H13N3S2. The fourth-order valence-electron chi connectivity index (χ4n) is 1.44. The zero-order valence-corrected chi connectivity index (χ0v) is 10.2. The molecule has 1 N–H and O–H groups in total. The highest BCUT2D eigenvalue weighted by molar-refractivity contribution is 7.71. The summed E-state index contributed by atoms with van der Waals surface area (Å²) < 4.78 is 2.79. The Balaban J connectivity index is 2.36. The summed E-state index contributed by atoms with van der Waals surface area (Å²) in [6.07, 6.45) is 2.29. The van der Waals surface area contributed by atoms with E-state index in [2.05, 4.69) is 33.1 Å². The molecule has 0 fully saturated rings. The van der Waals surface area contributed by atoms with Crippen molar-refractivity contribution in [3.05, 3.63) is 22.3 Å². The molecule has 0 aromatic carbocycles. The number of unbranched alkanes of at least 4 members (excludes halogenated alkanes) is 1. The molecule has 2 heterocycles. The minimum absolute atomic E-state index is 0.715. The van der Waals surface area contributed by atoms with Gasteiger partial charge in [-0.25, -0.2) is 0 Å². The maximum atomic E-state index is 5.21. The van der Waals surface area contributed by atoms with E-state index >= 15 is 0 Å². The van der Waals surface area contributed by atoms with Crippen molar-refractivity contribution in [1.82, 2.24) is 14.8 Å². The average molecular weight is 239 g/mol. The van der Waals surface area contributed by atoms with Gasteiger partial charge in [0, 0.05) is 6.54 Å². The van der Waals surface area contributed by atoms with E-state index in [1.165, 1.54) is 4.88 Å². The molecular weight excluding hydrogens is 226 g/mol. The number of aromatic nitrogens is 3. The van der Waals surface area contributed by atoms with E-state index in [4.69, 9.17) is 12.2 Å². The van der Waals surface area contributed by atoms with Gasteiger partial charge in [0.15, 0.2) is 10.6 Å². The molecule has 2 rings (SSSR count). The molecule has 0 amide bonds. The molecule has 0 saturated heterocycles. The maximum absolute atomic E-state index is 5.21. The van der Waals surface area contributed by atoms with Crippen molar-refractivity contribution in [3.8, 4) is 10.7 Å². The van der Waals surface area contributed by atoms with E-state index in [0.29, 0.717) is 4.77 Å². The van der Waals surface area contributed by atoms with E-state index in [1.54, 1.807) is 11.3 Å². The monoisotopic (exact) mass is 239 g/mol. The second-order valence-corrected chi connectivity index (χ2v) is 4.67. The van der Waals surface area contributed by atoms with Gasteiger partial charge in [-0.05, 0) is 30.1 Å². The third-order valence-corrected chi connectivity index (χ3v) is 3.41. The summed E-state index contributed by atoms with van der Waals surface area (Å²) in [5.41, 5.74) is 0. The standard InChI is InChI=1S/C10H13N3S2/c1-2-3-6-13-9(11-12-10(13)14)8-5-4-7-15-8/h4-5,7H,2-3,6H2,1H3,(H,12,14). The lowest BCUT2D eigenvalue weighted by Crippen LogP contribution is -1.99. The van der Waals surface area contributed by atoms with Gasteiger partial charge in [-0.15, -0.1) is 11.3 Å². The Kier molecular flexibility index (Phi) is 3.33. The number of aromatic amines is 1. The van der Waals surface area contributed by atoms with Crippen molar-refractivity contribution in [3.63, 3.8) is 0 Å². The van der Waals surface area contributed by atoms with Crippen LogP contribution >= 0.6 is 23.6 Å². The van der Waals surface area contributed by atoms with Gasteiger partial charge < -0.3 is 0 Å². The van der Waals surface area contributed by atoms with Gasteiger partial charge in [0.2, 0.25) is 0 Å². The van der Waals surface area contributed by atoms with Gasteiger partial charge in [0.25, 0.3) is 0 Å². The van der Waals surface area contributed by atoms with Crippen molar-refractivity contribution in [2.45, 2.75) is 26.3 Å². The lowest BCUT2D eigenvalue weighted by Gasteiger charge is -2.03. The van der Waals surface area contributed by atoms with Gasteiger partial charge in [-0.3, -0.25) is 9.67 Å². The molecule has 2 aromatic rings. The Hall–Kier alpha value is -0.940. The van der Waals surface area contributed by atoms with Crippen LogP contribution in [0.1, 0.15) is 19.8 Å². The SMILES string of the molecule is CCCCn1c(-c2cccs2)n[nH]c1=S. The lowest BCUT2D eigenvalue weighted by molar-refractivity contribution is 0.629. The summed E-state index contributed by atoms with van der Waals surface area (Å²) in [7, 11) is 0. The largest absolute Gasteiger partial charge is 0.299 e. The number of hydrogen-bond donors (Lipinski definition) is 1. The fourth-order valence-corrected chi connectivity index (χ4v) is 2.38. The number of nitrogens with zero attached hydrogens (tertiary/aromatic N) is 2. The van der Waals surface area contributed by atoms with Crippen molar-refractivity contribution in [1.29, 1.82) is 0 Å². The van der Waals surface area contributed by atoms with E-state index in [-0.39, 0.29) is 0 Å². The molecule has 80 valence electrons. The Labute approximate surface area is 97.8 Å². The zero-order chi connectivity index (χ0) is 10.7. The normalized spacial score (nSPS) is 10.7. The summed E-state index contributed by atoms with van der Waals surface area (Å²) >= 11 is 6.90. The zero-order valence-electron chi connectivity index (χ0n) is 8.56. The highest BCUT2D eigenvalue weighted by Gasteiger charge is 2.08. The number of hydrogen-bond acceptors (Lipinski definition) is 3. The van der Waals surface area contributed by atoms with Crippen LogP contribution < -0.4 is 0 Å². The summed E-state index contributed by atoms with van der Waals surface area (Å²) in [4.78, 5) is 1.17. The molecule has 15 heavy (non-hydrogen) atoms. The molecule has 0 aliphatic carbocycles. The third kappa shape index (κ3) is 2.18. The van der Waals surface area contributed by atoms with Gasteiger partial charge >= 0.3 is 0 Å². The van der Waals surface area contributed by atoms with Crippen LogP contribution in [0.5, 0.6) is 0 Å². The maximum Gasteiger partial charge on any atom is 0.195 e. The minimum atomic E-state index is 0.715. The van der Waals surface area contributed by atoms with E-state index < -0.39 is 0 Å². The summed E-state index contributed by atoms with van der Waals surface area (Å²) in [6, 6.07) is 4.10. The first-order chi connectivity index (χ1) is 7.33. The number of thiophene rings is 1. The first-order valence-corrected chi connectivity index (χ1v) is 6.30. The van der Waals surface area contributed by atoms with E-state index in [0.717, 1.165) is 25.2 Å². The Bertz CT molecular complexity index is 467. The van der Waals surface area contributed by atoms with Gasteiger partial charge in [0.05, 0.1) is 4.88 Å². The van der Waals surface area contributed by atoms with Gasteiger partial charge in [0.1, 0.15) is 0 Å². The predicted octanol–water partition coefficient (Wildman–Crippen LogP) is 3.47. The average Bonchev–Trinajstić information content (AvgIpc) is 2.84. The first kappa shape index (κ1) is 10.6. The Morgan fingerprint density at radius 1 is 1.60 bits per heavy atom.